The molecule has 0 radical (unpaired) electrons. The summed E-state index contributed by atoms with van der Waals surface area (Å²) in [4.78, 5) is 33.1. The molecule has 0 saturated carbocycles. The predicted octanol–water partition coefficient (Wildman–Crippen LogP) is 14.9. The lowest BCUT2D eigenvalue weighted by Gasteiger charge is -2.02. The van der Waals surface area contributed by atoms with Crippen molar-refractivity contribution in [3.63, 3.8) is 0 Å². The second-order valence-electron chi connectivity index (χ2n) is 13.5. The summed E-state index contributed by atoms with van der Waals surface area (Å²) in [5.74, 6) is 1.71. The van der Waals surface area contributed by atoms with Crippen molar-refractivity contribution in [3.8, 4) is 27.1 Å². The first-order chi connectivity index (χ1) is 32.9. The topological polar surface area (TPSA) is 147 Å². The minimum atomic E-state index is 0.547. The van der Waals surface area contributed by atoms with Gasteiger partial charge in [-0.05, 0) is 88.2 Å². The molecule has 10 aromatic rings. The first kappa shape index (κ1) is 48.4. The SMILES string of the molecule is C/C=N/Oc1nc2c(ccc3ccccc32)s1.C/C=N/Oc1nc2cc(OCCC)ccc2s1.C/C=N/Oc1nc2ccc3ccccc3c2s1.CC=NSc1nc2cc(OCC)ccc2s1. The van der Waals surface area contributed by atoms with Gasteiger partial charge in [-0.2, -0.15) is 4.98 Å². The summed E-state index contributed by atoms with van der Waals surface area (Å²) in [5, 5.41) is 17.6. The fourth-order valence-electron chi connectivity index (χ4n) is 6.16. The number of rotatable bonds is 13. The van der Waals surface area contributed by atoms with E-state index in [1.807, 2.05) is 94.4 Å². The zero-order valence-electron chi connectivity index (χ0n) is 37.5. The van der Waals surface area contributed by atoms with Gasteiger partial charge in [0.15, 0.2) is 4.34 Å². The predicted molar refractivity (Wildman–Crippen MR) is 285 cm³/mol. The quantitative estimate of drug-likeness (QED) is 0.0621. The summed E-state index contributed by atoms with van der Waals surface area (Å²) in [7, 11) is 0. The number of hydrogen-bond acceptors (Lipinski definition) is 18. The van der Waals surface area contributed by atoms with E-state index >= 15 is 0 Å². The van der Waals surface area contributed by atoms with Crippen molar-refractivity contribution >= 4 is 145 Å². The molecular weight excluding hydrogens is 941 g/mol. The van der Waals surface area contributed by atoms with Crippen LogP contribution in [-0.2, 0) is 0 Å². The fourth-order valence-corrected chi connectivity index (χ4v) is 10.2. The maximum absolute atomic E-state index is 5.55. The molecule has 18 heteroatoms. The second-order valence-corrected chi connectivity index (χ2v) is 18.6. The van der Waals surface area contributed by atoms with Crippen LogP contribution in [0.5, 0.6) is 27.1 Å². The zero-order chi connectivity index (χ0) is 46.8. The summed E-state index contributed by atoms with van der Waals surface area (Å²) in [6.07, 6.45) is 7.55. The van der Waals surface area contributed by atoms with E-state index in [4.69, 9.17) is 24.0 Å². The largest absolute Gasteiger partial charge is 0.494 e. The molecule has 0 aliphatic heterocycles. The Morgan fingerprint density at radius 3 is 1.75 bits per heavy atom. The van der Waals surface area contributed by atoms with Gasteiger partial charge in [0.25, 0.3) is 0 Å². The number of benzene rings is 6. The van der Waals surface area contributed by atoms with Crippen molar-refractivity contribution in [1.82, 2.24) is 19.9 Å². The highest BCUT2D eigenvalue weighted by Crippen LogP contribution is 2.36. The van der Waals surface area contributed by atoms with Crippen LogP contribution in [0, 0.1) is 0 Å². The Kier molecular flexibility index (Phi) is 17.9. The van der Waals surface area contributed by atoms with Crippen LogP contribution in [-0.4, -0.2) is 58.0 Å². The van der Waals surface area contributed by atoms with Crippen LogP contribution >= 0.6 is 57.3 Å². The molecular formula is C49H46N8O5S5. The molecule has 10 rings (SSSR count). The number of fused-ring (bicyclic) bond motifs is 8. The molecule has 0 fully saturated rings. The van der Waals surface area contributed by atoms with Gasteiger partial charge in [-0.1, -0.05) is 117 Å². The number of nitrogens with zero attached hydrogens (tertiary/aromatic N) is 8. The Morgan fingerprint density at radius 1 is 0.522 bits per heavy atom. The first-order valence-corrected chi connectivity index (χ1v) is 25.2. The summed E-state index contributed by atoms with van der Waals surface area (Å²) >= 11 is 7.54. The number of hydrogen-bond donors (Lipinski definition) is 0. The Bertz CT molecular complexity index is 3180. The second kappa shape index (κ2) is 24.8. The van der Waals surface area contributed by atoms with E-state index in [2.05, 4.69) is 89.2 Å². The van der Waals surface area contributed by atoms with E-state index in [0.29, 0.717) is 22.2 Å². The van der Waals surface area contributed by atoms with Crippen LogP contribution in [0.1, 0.15) is 48.0 Å². The average Bonchev–Trinajstić information content (AvgIpc) is 4.18. The van der Waals surface area contributed by atoms with Crippen LogP contribution in [0.15, 0.2) is 133 Å². The molecule has 6 aromatic carbocycles. The lowest BCUT2D eigenvalue weighted by atomic mass is 10.1. The van der Waals surface area contributed by atoms with E-state index in [1.54, 1.807) is 43.1 Å². The van der Waals surface area contributed by atoms with Crippen LogP contribution < -0.4 is 24.0 Å². The lowest BCUT2D eigenvalue weighted by Crippen LogP contribution is -1.94. The smallest absolute Gasteiger partial charge is 0.306 e. The van der Waals surface area contributed by atoms with Crippen molar-refractivity contribution < 1.29 is 24.0 Å². The van der Waals surface area contributed by atoms with Crippen LogP contribution in [0.3, 0.4) is 0 Å². The number of oxime groups is 3. The maximum atomic E-state index is 5.55. The van der Waals surface area contributed by atoms with Gasteiger partial charge in [0.05, 0.1) is 54.1 Å². The highest BCUT2D eigenvalue weighted by atomic mass is 32.2. The molecule has 0 bridgehead atoms. The minimum absolute atomic E-state index is 0.547. The minimum Gasteiger partial charge on any atom is -0.494 e. The van der Waals surface area contributed by atoms with Crippen LogP contribution in [0.4, 0.5) is 0 Å². The maximum Gasteiger partial charge on any atom is 0.306 e. The molecule has 4 aromatic heterocycles. The standard InChI is InChI=1S/2C13H10N2OS.C12H14N2O2S.C11H12N2OS2/c1-2-14-16-13-15-12-10-6-4-3-5-9(10)7-8-11(12)17-13;1-2-14-16-13-15-11-8-7-9-5-3-4-6-10(9)12(11)17-13;1-3-7-15-9-5-6-11-10(8-9)14-12(17-11)16-13-4-2;1-3-12-16-11-13-9-7-8(14-4-2)5-6-10(9)15-11/h2*2-8H,1H3;4-6,8H,3,7H2,1-2H3;3,5-7H,4H2,1-2H3/b2*14-2+;13-4+;. The molecule has 0 amide bonds. The van der Waals surface area contributed by atoms with Gasteiger partial charge in [0.1, 0.15) is 11.5 Å². The number of thiazole rings is 4. The van der Waals surface area contributed by atoms with E-state index < -0.39 is 0 Å². The van der Waals surface area contributed by atoms with Crippen LogP contribution in [0.25, 0.3) is 62.4 Å². The van der Waals surface area contributed by atoms with Crippen LogP contribution in [0.2, 0.25) is 0 Å². The van der Waals surface area contributed by atoms with Gasteiger partial charge in [-0.25, -0.2) is 19.3 Å². The van der Waals surface area contributed by atoms with E-state index in [9.17, 15) is 0 Å². The Hall–Kier alpha value is -6.57. The van der Waals surface area contributed by atoms with Crippen molar-refractivity contribution in [2.45, 2.75) is 52.3 Å². The van der Waals surface area contributed by atoms with Crippen molar-refractivity contribution in [1.29, 1.82) is 0 Å². The molecule has 0 aliphatic rings. The van der Waals surface area contributed by atoms with Gasteiger partial charge >= 0.3 is 15.6 Å². The molecule has 4 heterocycles. The molecule has 0 aliphatic carbocycles. The lowest BCUT2D eigenvalue weighted by molar-refractivity contribution is 0.318. The Morgan fingerprint density at radius 2 is 1.07 bits per heavy atom. The summed E-state index contributed by atoms with van der Waals surface area (Å²) in [6, 6.07) is 36.6. The summed E-state index contributed by atoms with van der Waals surface area (Å²) in [6.45, 7) is 12.8. The Labute approximate surface area is 407 Å². The third kappa shape index (κ3) is 13.1. The average molecular weight is 987 g/mol. The van der Waals surface area contributed by atoms with Gasteiger partial charge in [-0.15, -0.1) is 11.3 Å². The van der Waals surface area contributed by atoms with Crippen molar-refractivity contribution in [3.05, 3.63) is 109 Å². The van der Waals surface area contributed by atoms with Gasteiger partial charge < -0.3 is 24.0 Å². The third-order valence-electron chi connectivity index (χ3n) is 8.93. The summed E-state index contributed by atoms with van der Waals surface area (Å²) < 4.78 is 20.5. The molecule has 0 unspecified atom stereocenters. The molecule has 67 heavy (non-hydrogen) atoms. The highest BCUT2D eigenvalue weighted by Gasteiger charge is 2.10. The van der Waals surface area contributed by atoms with Gasteiger partial charge in [-0.3, -0.25) is 0 Å². The van der Waals surface area contributed by atoms with Crippen molar-refractivity contribution in [2.24, 2.45) is 19.9 Å². The monoisotopic (exact) mass is 986 g/mol. The molecule has 0 spiro atoms. The summed E-state index contributed by atoms with van der Waals surface area (Å²) in [5.41, 5.74) is 3.79. The van der Waals surface area contributed by atoms with Crippen molar-refractivity contribution in [2.75, 3.05) is 13.2 Å². The van der Waals surface area contributed by atoms with Gasteiger partial charge in [0, 0.05) is 59.7 Å². The zero-order valence-corrected chi connectivity index (χ0v) is 41.6. The third-order valence-corrected chi connectivity index (χ3v) is 13.6. The normalized spacial score (nSPS) is 11.4. The molecule has 342 valence electrons. The van der Waals surface area contributed by atoms with Gasteiger partial charge in [0.2, 0.25) is 0 Å². The molecule has 13 nitrogen and oxygen atoms in total. The highest BCUT2D eigenvalue weighted by molar-refractivity contribution is 8.00. The number of aromatic nitrogens is 4. The molecule has 0 saturated heterocycles. The van der Waals surface area contributed by atoms with E-state index in [1.165, 1.54) is 62.1 Å². The molecule has 0 atom stereocenters. The van der Waals surface area contributed by atoms with E-state index in [-0.39, 0.29) is 0 Å². The fraction of sp³-hybridized carbons (Fsp3) is 0.184. The first-order valence-electron chi connectivity index (χ1n) is 21.2. The Balaban J connectivity index is 0.000000133. The van der Waals surface area contributed by atoms with E-state index in [0.717, 1.165) is 75.1 Å². The molecule has 0 N–H and O–H groups in total. The number of ether oxygens (including phenoxy) is 2.